The lowest BCUT2D eigenvalue weighted by atomic mass is 10.1. The average molecular weight is 335 g/mol. The number of hydrogen-bond donors (Lipinski definition) is 1. The molecule has 1 aliphatic heterocycles. The minimum absolute atomic E-state index is 0.256. The summed E-state index contributed by atoms with van der Waals surface area (Å²) < 4.78 is 5.48. The molecule has 5 heteroatoms. The van der Waals surface area contributed by atoms with Crippen LogP contribution >= 0.6 is 0 Å². The molecule has 1 aromatic heterocycles. The van der Waals surface area contributed by atoms with E-state index in [2.05, 4.69) is 15.9 Å². The average Bonchev–Trinajstić information content (AvgIpc) is 3.22. The molecule has 1 aliphatic rings. The van der Waals surface area contributed by atoms with E-state index in [4.69, 9.17) is 11.2 Å². The molecule has 0 bridgehead atoms. The maximum Gasteiger partial charge on any atom is 0.411 e. The number of carbonyl (C=O) groups excluding carboxylic acids is 1. The second kappa shape index (κ2) is 6.48. The maximum atomic E-state index is 12.4. The lowest BCUT2D eigenvalue weighted by molar-refractivity contribution is 0.0235. The number of nitrogens with zero attached hydrogens (tertiary/aromatic N) is 2. The Hall–Kier alpha value is -3.00. The van der Waals surface area contributed by atoms with E-state index in [1.54, 1.807) is 11.1 Å². The highest BCUT2D eigenvalue weighted by molar-refractivity contribution is 5.70. The molecule has 0 radical (unpaired) electrons. The largest absolute Gasteiger partial charge is 0.444 e. The summed E-state index contributed by atoms with van der Waals surface area (Å²) in [4.78, 5) is 21.8. The molecular formula is C20H21N3O2. The number of nitrogens with one attached hydrogen (secondary N) is 1. The summed E-state index contributed by atoms with van der Waals surface area (Å²) in [5, 5.41) is 0. The molecule has 1 aromatic carbocycles. The molecule has 2 heterocycles. The SMILES string of the molecule is C#Cc1ccc(-c2cnc([C@@H]3C=CCN3C(=O)OC(C)(C)C)[nH]2)cc1. The van der Waals surface area contributed by atoms with Crippen molar-refractivity contribution in [1.82, 2.24) is 14.9 Å². The minimum Gasteiger partial charge on any atom is -0.444 e. The van der Waals surface area contributed by atoms with Gasteiger partial charge in [0.2, 0.25) is 0 Å². The fourth-order valence-electron chi connectivity index (χ4n) is 2.65. The number of H-pyrrole nitrogens is 1. The molecule has 25 heavy (non-hydrogen) atoms. The van der Waals surface area contributed by atoms with Gasteiger partial charge >= 0.3 is 6.09 Å². The van der Waals surface area contributed by atoms with Crippen molar-refractivity contribution in [3.05, 3.63) is 54.0 Å². The van der Waals surface area contributed by atoms with Crippen molar-refractivity contribution in [3.8, 4) is 23.6 Å². The lowest BCUT2D eigenvalue weighted by Gasteiger charge is -2.27. The molecule has 0 aliphatic carbocycles. The monoisotopic (exact) mass is 335 g/mol. The van der Waals surface area contributed by atoms with Gasteiger partial charge in [-0.15, -0.1) is 6.42 Å². The van der Waals surface area contributed by atoms with Crippen molar-refractivity contribution in [2.24, 2.45) is 0 Å². The third-order valence-corrected chi connectivity index (χ3v) is 3.82. The first-order valence-corrected chi connectivity index (χ1v) is 8.15. The van der Waals surface area contributed by atoms with Crippen molar-refractivity contribution in [1.29, 1.82) is 0 Å². The van der Waals surface area contributed by atoms with E-state index in [9.17, 15) is 4.79 Å². The predicted octanol–water partition coefficient (Wildman–Crippen LogP) is 3.91. The first-order chi connectivity index (χ1) is 11.9. The Labute approximate surface area is 147 Å². The summed E-state index contributed by atoms with van der Waals surface area (Å²) in [5.74, 6) is 3.30. The molecule has 1 amide bonds. The van der Waals surface area contributed by atoms with E-state index in [1.165, 1.54) is 0 Å². The second-order valence-electron chi connectivity index (χ2n) is 6.91. The lowest BCUT2D eigenvalue weighted by Crippen LogP contribution is -2.37. The summed E-state index contributed by atoms with van der Waals surface area (Å²) in [6.07, 6.45) is 10.7. The normalized spacial score (nSPS) is 16.7. The third kappa shape index (κ3) is 3.74. The fraction of sp³-hybridized carbons (Fsp3) is 0.300. The van der Waals surface area contributed by atoms with E-state index in [0.717, 1.165) is 16.8 Å². The Balaban J connectivity index is 1.79. The molecule has 0 unspecified atom stereocenters. The van der Waals surface area contributed by atoms with Crippen molar-refractivity contribution in [2.75, 3.05) is 6.54 Å². The number of rotatable bonds is 2. The quantitative estimate of drug-likeness (QED) is 0.669. The zero-order chi connectivity index (χ0) is 18.0. The van der Waals surface area contributed by atoms with Crippen LogP contribution in [0, 0.1) is 12.3 Å². The van der Waals surface area contributed by atoms with Gasteiger partial charge < -0.3 is 9.72 Å². The van der Waals surface area contributed by atoms with E-state index in [0.29, 0.717) is 12.4 Å². The Bertz CT molecular complexity index is 835. The Morgan fingerprint density at radius 2 is 2.08 bits per heavy atom. The molecule has 5 nitrogen and oxygen atoms in total. The zero-order valence-corrected chi connectivity index (χ0v) is 14.6. The zero-order valence-electron chi connectivity index (χ0n) is 14.6. The Morgan fingerprint density at radius 3 is 2.72 bits per heavy atom. The summed E-state index contributed by atoms with van der Waals surface area (Å²) in [6, 6.07) is 7.41. The first kappa shape index (κ1) is 16.8. The number of amides is 1. The van der Waals surface area contributed by atoms with Crippen LogP contribution in [0.5, 0.6) is 0 Å². The van der Waals surface area contributed by atoms with Crippen molar-refractivity contribution < 1.29 is 9.53 Å². The number of aromatic amines is 1. The summed E-state index contributed by atoms with van der Waals surface area (Å²) in [6.45, 7) is 6.07. The van der Waals surface area contributed by atoms with Gasteiger partial charge in [-0.05, 0) is 38.5 Å². The third-order valence-electron chi connectivity index (χ3n) is 3.82. The van der Waals surface area contributed by atoms with Gasteiger partial charge in [-0.2, -0.15) is 0 Å². The van der Waals surface area contributed by atoms with Gasteiger partial charge in [0.15, 0.2) is 0 Å². The van der Waals surface area contributed by atoms with Gasteiger partial charge in [0.05, 0.1) is 11.9 Å². The van der Waals surface area contributed by atoms with Crippen molar-refractivity contribution in [2.45, 2.75) is 32.4 Å². The van der Waals surface area contributed by atoms with Crippen LogP contribution in [-0.4, -0.2) is 33.1 Å². The van der Waals surface area contributed by atoms with Crippen molar-refractivity contribution in [3.63, 3.8) is 0 Å². The summed E-state index contributed by atoms with van der Waals surface area (Å²) in [5.41, 5.74) is 2.17. The van der Waals surface area contributed by atoms with Crippen molar-refractivity contribution >= 4 is 6.09 Å². The summed E-state index contributed by atoms with van der Waals surface area (Å²) in [7, 11) is 0. The molecule has 0 fully saturated rings. The highest BCUT2D eigenvalue weighted by Crippen LogP contribution is 2.28. The molecule has 128 valence electrons. The number of carbonyl (C=O) groups is 1. The second-order valence-corrected chi connectivity index (χ2v) is 6.91. The van der Waals surface area contributed by atoms with Crippen LogP contribution in [0.15, 0.2) is 42.6 Å². The van der Waals surface area contributed by atoms with Crippen LogP contribution in [0.25, 0.3) is 11.3 Å². The number of terminal acetylenes is 1. The van der Waals surface area contributed by atoms with Gasteiger partial charge in [0.25, 0.3) is 0 Å². The molecule has 1 atom stereocenters. The fourth-order valence-corrected chi connectivity index (χ4v) is 2.65. The summed E-state index contributed by atoms with van der Waals surface area (Å²) >= 11 is 0. The van der Waals surface area contributed by atoms with E-state index in [-0.39, 0.29) is 12.1 Å². The van der Waals surface area contributed by atoms with E-state index in [1.807, 2.05) is 57.2 Å². The minimum atomic E-state index is -0.530. The first-order valence-electron chi connectivity index (χ1n) is 8.15. The predicted molar refractivity (Wildman–Crippen MR) is 96.8 cm³/mol. The molecule has 3 rings (SSSR count). The molecule has 2 aromatic rings. The maximum absolute atomic E-state index is 12.4. The number of aromatic nitrogens is 2. The Morgan fingerprint density at radius 1 is 1.36 bits per heavy atom. The number of benzene rings is 1. The van der Waals surface area contributed by atoms with Crippen LogP contribution in [0.2, 0.25) is 0 Å². The molecule has 1 N–H and O–H groups in total. The van der Waals surface area contributed by atoms with Gasteiger partial charge in [-0.25, -0.2) is 9.78 Å². The highest BCUT2D eigenvalue weighted by atomic mass is 16.6. The van der Waals surface area contributed by atoms with E-state index >= 15 is 0 Å². The number of ether oxygens (including phenoxy) is 1. The molecule has 0 saturated heterocycles. The molecule has 0 saturated carbocycles. The van der Waals surface area contributed by atoms with Gasteiger partial charge in [0.1, 0.15) is 17.5 Å². The standard InChI is InChI=1S/C20H21N3O2/c1-5-14-8-10-15(11-9-14)16-13-21-18(22-16)17-7-6-12-23(17)19(24)25-20(2,3)4/h1,6-11,13,17H,12H2,2-4H3,(H,21,22)/t17-/m0/s1. The van der Waals surface area contributed by atoms with Crippen LogP contribution in [0.3, 0.4) is 0 Å². The number of hydrogen-bond acceptors (Lipinski definition) is 3. The van der Waals surface area contributed by atoms with Gasteiger partial charge in [0, 0.05) is 12.1 Å². The molecular weight excluding hydrogens is 314 g/mol. The Kier molecular flexibility index (Phi) is 4.37. The smallest absolute Gasteiger partial charge is 0.411 e. The topological polar surface area (TPSA) is 58.2 Å². The van der Waals surface area contributed by atoms with Gasteiger partial charge in [-0.1, -0.05) is 30.2 Å². The van der Waals surface area contributed by atoms with Crippen LogP contribution in [0.1, 0.15) is 38.2 Å². The van der Waals surface area contributed by atoms with E-state index < -0.39 is 5.60 Å². The van der Waals surface area contributed by atoms with Crippen LogP contribution in [0.4, 0.5) is 4.79 Å². The van der Waals surface area contributed by atoms with Crippen LogP contribution in [-0.2, 0) is 4.74 Å². The molecule has 0 spiro atoms. The van der Waals surface area contributed by atoms with Gasteiger partial charge in [-0.3, -0.25) is 4.90 Å². The number of imidazole rings is 1. The van der Waals surface area contributed by atoms with Crippen LogP contribution < -0.4 is 0 Å². The highest BCUT2D eigenvalue weighted by Gasteiger charge is 2.31.